The van der Waals surface area contributed by atoms with Gasteiger partial charge in [-0.1, -0.05) is 13.3 Å². The molecule has 0 amide bonds. The van der Waals surface area contributed by atoms with Gasteiger partial charge in [-0.2, -0.15) is 0 Å². The molecule has 1 atom stereocenters. The van der Waals surface area contributed by atoms with Crippen LogP contribution in [-0.2, 0) is 0 Å². The highest BCUT2D eigenvalue weighted by Gasteiger charge is 2.24. The summed E-state index contributed by atoms with van der Waals surface area (Å²) in [7, 11) is 0. The van der Waals surface area contributed by atoms with Crippen LogP contribution < -0.4 is 15.4 Å². The molecule has 20 heavy (non-hydrogen) atoms. The van der Waals surface area contributed by atoms with E-state index in [9.17, 15) is 4.39 Å². The van der Waals surface area contributed by atoms with Crippen LogP contribution >= 0.6 is 0 Å². The van der Waals surface area contributed by atoms with Gasteiger partial charge in [0.05, 0.1) is 18.0 Å². The van der Waals surface area contributed by atoms with Crippen molar-refractivity contribution in [1.29, 1.82) is 0 Å². The molecular formula is C16H25FN2O. The number of rotatable bonds is 5. The van der Waals surface area contributed by atoms with E-state index in [1.165, 1.54) is 25.3 Å². The number of benzene rings is 1. The Morgan fingerprint density at radius 1 is 1.35 bits per heavy atom. The fraction of sp³-hybridized carbons (Fsp3) is 0.625. The summed E-state index contributed by atoms with van der Waals surface area (Å²) in [4.78, 5) is 2.34. The second-order valence-corrected chi connectivity index (χ2v) is 5.41. The Labute approximate surface area is 120 Å². The minimum absolute atomic E-state index is 0.303. The van der Waals surface area contributed by atoms with Crippen LogP contribution in [0.3, 0.4) is 0 Å². The molecular weight excluding hydrogens is 255 g/mol. The lowest BCUT2D eigenvalue weighted by Crippen LogP contribution is -2.39. The Morgan fingerprint density at radius 3 is 2.85 bits per heavy atom. The number of nitrogen functional groups attached to an aromatic ring is 1. The molecule has 1 fully saturated rings. The number of nitrogens with zero attached hydrogens (tertiary/aromatic N) is 1. The number of nitrogens with two attached hydrogens (primary N) is 1. The molecule has 1 heterocycles. The summed E-state index contributed by atoms with van der Waals surface area (Å²) < 4.78 is 19.2. The third-order valence-electron chi connectivity index (χ3n) is 3.94. The van der Waals surface area contributed by atoms with Crippen LogP contribution in [0.4, 0.5) is 15.8 Å². The second kappa shape index (κ2) is 6.82. The van der Waals surface area contributed by atoms with E-state index >= 15 is 0 Å². The standard InChI is InChI=1S/C16H25FN2O/c1-3-7-12-8-5-6-9-19(12)15-11-16(20-4-2)13(17)10-14(15)18/h10-12H,3-9,18H2,1-2H3. The van der Waals surface area contributed by atoms with E-state index in [0.29, 0.717) is 24.1 Å². The topological polar surface area (TPSA) is 38.5 Å². The molecule has 1 aliphatic heterocycles. The van der Waals surface area contributed by atoms with Crippen molar-refractivity contribution in [3.63, 3.8) is 0 Å². The first kappa shape index (κ1) is 14.9. The lowest BCUT2D eigenvalue weighted by molar-refractivity contribution is 0.321. The largest absolute Gasteiger partial charge is 0.491 e. The Hall–Kier alpha value is -1.45. The van der Waals surface area contributed by atoms with Gasteiger partial charge in [0.15, 0.2) is 11.6 Å². The molecule has 1 unspecified atom stereocenters. The number of piperidine rings is 1. The molecule has 0 radical (unpaired) electrons. The van der Waals surface area contributed by atoms with Gasteiger partial charge >= 0.3 is 0 Å². The van der Waals surface area contributed by atoms with Gasteiger partial charge < -0.3 is 15.4 Å². The minimum Gasteiger partial charge on any atom is -0.491 e. The highest BCUT2D eigenvalue weighted by Crippen LogP contribution is 2.35. The molecule has 0 bridgehead atoms. The predicted molar refractivity (Wildman–Crippen MR) is 81.9 cm³/mol. The maximum atomic E-state index is 13.8. The molecule has 1 saturated heterocycles. The third-order valence-corrected chi connectivity index (χ3v) is 3.94. The Bertz CT molecular complexity index is 448. The zero-order valence-electron chi connectivity index (χ0n) is 12.5. The zero-order valence-corrected chi connectivity index (χ0v) is 12.5. The summed E-state index contributed by atoms with van der Waals surface area (Å²) >= 11 is 0. The molecule has 1 aromatic rings. The number of ether oxygens (including phenoxy) is 1. The number of hydrogen-bond donors (Lipinski definition) is 1. The van der Waals surface area contributed by atoms with Crippen LogP contribution in [-0.4, -0.2) is 19.2 Å². The second-order valence-electron chi connectivity index (χ2n) is 5.41. The van der Waals surface area contributed by atoms with Gasteiger partial charge in [-0.25, -0.2) is 4.39 Å². The van der Waals surface area contributed by atoms with Crippen LogP contribution in [0.2, 0.25) is 0 Å². The van der Waals surface area contributed by atoms with E-state index in [0.717, 1.165) is 25.1 Å². The lowest BCUT2D eigenvalue weighted by atomic mass is 9.97. The first-order valence-electron chi connectivity index (χ1n) is 7.65. The molecule has 1 aliphatic rings. The van der Waals surface area contributed by atoms with Crippen LogP contribution in [0, 0.1) is 5.82 Å². The fourth-order valence-electron chi connectivity index (χ4n) is 3.02. The molecule has 112 valence electrons. The smallest absolute Gasteiger partial charge is 0.167 e. The summed E-state index contributed by atoms with van der Waals surface area (Å²) in [6.45, 7) is 5.51. The molecule has 1 aromatic carbocycles. The zero-order chi connectivity index (χ0) is 14.5. The Morgan fingerprint density at radius 2 is 2.15 bits per heavy atom. The summed E-state index contributed by atoms with van der Waals surface area (Å²) in [6.07, 6.45) is 5.93. The van der Waals surface area contributed by atoms with Gasteiger partial charge in [-0.05, 0) is 32.6 Å². The van der Waals surface area contributed by atoms with E-state index in [4.69, 9.17) is 10.5 Å². The number of hydrogen-bond acceptors (Lipinski definition) is 3. The third kappa shape index (κ3) is 3.17. The van der Waals surface area contributed by atoms with Crippen molar-refractivity contribution in [2.24, 2.45) is 0 Å². The van der Waals surface area contributed by atoms with Crippen molar-refractivity contribution in [3.05, 3.63) is 17.9 Å². The van der Waals surface area contributed by atoms with E-state index < -0.39 is 0 Å². The van der Waals surface area contributed by atoms with Gasteiger partial charge in [0.2, 0.25) is 0 Å². The van der Waals surface area contributed by atoms with E-state index in [1.807, 2.05) is 6.92 Å². The predicted octanol–water partition coefficient (Wildman–Crippen LogP) is 3.97. The quantitative estimate of drug-likeness (QED) is 0.830. The van der Waals surface area contributed by atoms with E-state index in [-0.39, 0.29) is 5.82 Å². The van der Waals surface area contributed by atoms with Gasteiger partial charge in [0.25, 0.3) is 0 Å². The molecule has 0 aliphatic carbocycles. The summed E-state index contributed by atoms with van der Waals surface area (Å²) in [5.74, 6) is -0.0744. The van der Waals surface area contributed by atoms with Crippen LogP contribution in [0.25, 0.3) is 0 Å². The number of halogens is 1. The fourth-order valence-corrected chi connectivity index (χ4v) is 3.02. The van der Waals surface area contributed by atoms with Crippen LogP contribution in [0.5, 0.6) is 5.75 Å². The summed E-state index contributed by atoms with van der Waals surface area (Å²) in [6, 6.07) is 3.66. The van der Waals surface area contributed by atoms with Gasteiger partial charge in [-0.3, -0.25) is 0 Å². The molecule has 3 nitrogen and oxygen atoms in total. The average Bonchev–Trinajstić information content (AvgIpc) is 2.43. The van der Waals surface area contributed by atoms with Crippen molar-refractivity contribution in [2.75, 3.05) is 23.8 Å². The Balaban J connectivity index is 2.31. The van der Waals surface area contributed by atoms with Gasteiger partial charge in [0, 0.05) is 24.7 Å². The van der Waals surface area contributed by atoms with E-state index in [1.54, 1.807) is 6.07 Å². The van der Waals surface area contributed by atoms with Gasteiger partial charge in [-0.15, -0.1) is 0 Å². The normalized spacial score (nSPS) is 19.1. The van der Waals surface area contributed by atoms with Crippen LogP contribution in [0.15, 0.2) is 12.1 Å². The van der Waals surface area contributed by atoms with Crippen molar-refractivity contribution in [2.45, 2.75) is 52.0 Å². The average molecular weight is 280 g/mol. The Kier molecular flexibility index (Phi) is 5.10. The molecule has 2 N–H and O–H groups in total. The lowest BCUT2D eigenvalue weighted by Gasteiger charge is -2.38. The maximum Gasteiger partial charge on any atom is 0.167 e. The summed E-state index contributed by atoms with van der Waals surface area (Å²) in [5, 5.41) is 0. The number of anilines is 2. The van der Waals surface area contributed by atoms with Crippen molar-refractivity contribution < 1.29 is 9.13 Å². The first-order valence-corrected chi connectivity index (χ1v) is 7.65. The van der Waals surface area contributed by atoms with Crippen molar-refractivity contribution in [1.82, 2.24) is 0 Å². The molecule has 0 saturated carbocycles. The highest BCUT2D eigenvalue weighted by molar-refractivity contribution is 5.70. The van der Waals surface area contributed by atoms with Gasteiger partial charge in [0.1, 0.15) is 0 Å². The molecule has 2 rings (SSSR count). The monoisotopic (exact) mass is 280 g/mol. The molecule has 0 aromatic heterocycles. The molecule has 0 spiro atoms. The maximum absolute atomic E-state index is 13.8. The molecule has 4 heteroatoms. The SMILES string of the molecule is CCCC1CCCCN1c1cc(OCC)c(F)cc1N. The van der Waals surface area contributed by atoms with E-state index in [2.05, 4.69) is 11.8 Å². The first-order chi connectivity index (χ1) is 9.67. The van der Waals surface area contributed by atoms with Crippen molar-refractivity contribution in [3.8, 4) is 5.75 Å². The van der Waals surface area contributed by atoms with Crippen LogP contribution in [0.1, 0.15) is 46.0 Å². The van der Waals surface area contributed by atoms with Crippen molar-refractivity contribution >= 4 is 11.4 Å². The summed E-state index contributed by atoms with van der Waals surface area (Å²) in [5.41, 5.74) is 7.47. The minimum atomic E-state index is -0.378. The highest BCUT2D eigenvalue weighted by atomic mass is 19.1.